The van der Waals surface area contributed by atoms with Crippen molar-refractivity contribution in [1.82, 2.24) is 4.98 Å². The summed E-state index contributed by atoms with van der Waals surface area (Å²) in [5.74, 6) is 0.507. The van der Waals surface area contributed by atoms with Crippen LogP contribution in [-0.4, -0.2) is 16.8 Å². The minimum absolute atomic E-state index is 0.0797. The van der Waals surface area contributed by atoms with Crippen LogP contribution in [0.4, 0.5) is 5.82 Å². The van der Waals surface area contributed by atoms with Crippen LogP contribution in [0.15, 0.2) is 18.3 Å². The number of nitrogens with zero attached hydrogens (tertiary/aromatic N) is 2. The van der Waals surface area contributed by atoms with Gasteiger partial charge in [-0.1, -0.05) is 19.4 Å². The van der Waals surface area contributed by atoms with Gasteiger partial charge >= 0.3 is 0 Å². The number of hydrogen-bond acceptors (Lipinski definition) is 4. The number of amides is 2. The highest BCUT2D eigenvalue weighted by atomic mass is 16.2. The lowest BCUT2D eigenvalue weighted by atomic mass is 10.00. The van der Waals surface area contributed by atoms with E-state index in [1.165, 1.54) is 4.90 Å². The van der Waals surface area contributed by atoms with Gasteiger partial charge in [0.2, 0.25) is 11.8 Å². The fourth-order valence-electron chi connectivity index (χ4n) is 3.36. The van der Waals surface area contributed by atoms with Crippen molar-refractivity contribution in [1.29, 1.82) is 0 Å². The summed E-state index contributed by atoms with van der Waals surface area (Å²) < 4.78 is 0. The Morgan fingerprint density at radius 3 is 2.35 bits per heavy atom. The Hall–Kier alpha value is -1.75. The largest absolute Gasteiger partial charge is 0.326 e. The second-order valence-corrected chi connectivity index (χ2v) is 5.70. The quantitative estimate of drug-likeness (QED) is 0.846. The van der Waals surface area contributed by atoms with E-state index in [-0.39, 0.29) is 23.7 Å². The molecule has 2 aliphatic rings. The molecule has 3 rings (SSSR count). The zero-order valence-corrected chi connectivity index (χ0v) is 11.6. The molecule has 0 radical (unpaired) electrons. The Morgan fingerprint density at radius 1 is 1.25 bits per heavy atom. The molecule has 2 N–H and O–H groups in total. The van der Waals surface area contributed by atoms with Crippen LogP contribution in [0, 0.1) is 17.8 Å². The maximum Gasteiger partial charge on any atom is 0.238 e. The smallest absolute Gasteiger partial charge is 0.238 e. The van der Waals surface area contributed by atoms with Crippen molar-refractivity contribution in [3.63, 3.8) is 0 Å². The standard InChI is InChI=1S/C15H19N3O2/c1-2-9-5-11-12(6-9)15(20)18(14(11)19)13-4-3-10(7-16)8-17-13/h3-4,8-9,11-12H,2,5-7,16H2,1H3. The summed E-state index contributed by atoms with van der Waals surface area (Å²) in [6.07, 6.45) is 4.34. The number of carbonyl (C=O) groups is 2. The number of carbonyl (C=O) groups excluding carboxylic acids is 2. The highest BCUT2D eigenvalue weighted by Gasteiger charge is 2.53. The van der Waals surface area contributed by atoms with Gasteiger partial charge in [0.05, 0.1) is 11.8 Å². The van der Waals surface area contributed by atoms with E-state index in [9.17, 15) is 9.59 Å². The van der Waals surface area contributed by atoms with E-state index < -0.39 is 0 Å². The van der Waals surface area contributed by atoms with Gasteiger partial charge in [0.25, 0.3) is 0 Å². The predicted octanol–water partition coefficient (Wildman–Crippen LogP) is 1.47. The van der Waals surface area contributed by atoms with Gasteiger partial charge in [0.15, 0.2) is 0 Å². The number of aromatic nitrogens is 1. The summed E-state index contributed by atoms with van der Waals surface area (Å²) in [6.45, 7) is 2.52. The first-order chi connectivity index (χ1) is 9.65. The number of fused-ring (bicyclic) bond motifs is 1. The van der Waals surface area contributed by atoms with Crippen LogP contribution in [0.25, 0.3) is 0 Å². The van der Waals surface area contributed by atoms with E-state index in [2.05, 4.69) is 11.9 Å². The van der Waals surface area contributed by atoms with Gasteiger partial charge in [0.1, 0.15) is 5.82 Å². The van der Waals surface area contributed by atoms with Gasteiger partial charge in [-0.25, -0.2) is 9.88 Å². The van der Waals surface area contributed by atoms with Gasteiger partial charge in [-0.3, -0.25) is 9.59 Å². The molecular formula is C15H19N3O2. The van der Waals surface area contributed by atoms with Gasteiger partial charge in [0, 0.05) is 12.7 Å². The molecule has 1 aromatic rings. The second kappa shape index (κ2) is 4.98. The minimum atomic E-state index is -0.136. The van der Waals surface area contributed by atoms with E-state index in [0.29, 0.717) is 18.3 Å². The van der Waals surface area contributed by atoms with Crippen LogP contribution in [0.5, 0.6) is 0 Å². The number of pyridine rings is 1. The Balaban J connectivity index is 1.85. The van der Waals surface area contributed by atoms with Crippen molar-refractivity contribution in [2.24, 2.45) is 23.5 Å². The van der Waals surface area contributed by atoms with Gasteiger partial charge in [-0.05, 0) is 30.4 Å². The number of anilines is 1. The van der Waals surface area contributed by atoms with Crippen molar-refractivity contribution in [2.75, 3.05) is 4.90 Å². The molecule has 0 spiro atoms. The monoisotopic (exact) mass is 273 g/mol. The van der Waals surface area contributed by atoms with Crippen molar-refractivity contribution in [3.8, 4) is 0 Å². The van der Waals surface area contributed by atoms with Crippen LogP contribution in [0.1, 0.15) is 31.7 Å². The molecule has 1 saturated carbocycles. The lowest BCUT2D eigenvalue weighted by Gasteiger charge is -2.16. The van der Waals surface area contributed by atoms with Crippen LogP contribution >= 0.6 is 0 Å². The molecule has 1 saturated heterocycles. The predicted molar refractivity (Wildman–Crippen MR) is 74.6 cm³/mol. The maximum atomic E-state index is 12.5. The number of nitrogens with two attached hydrogens (primary N) is 1. The van der Waals surface area contributed by atoms with Crippen LogP contribution in [0.2, 0.25) is 0 Å². The number of imide groups is 1. The SMILES string of the molecule is CCC1CC2C(=O)N(c3ccc(CN)cn3)C(=O)C2C1. The Kier molecular flexibility index (Phi) is 3.30. The van der Waals surface area contributed by atoms with Gasteiger partial charge < -0.3 is 5.73 Å². The molecule has 1 aromatic heterocycles. The number of hydrogen-bond donors (Lipinski definition) is 1. The van der Waals surface area contributed by atoms with Crippen molar-refractivity contribution >= 4 is 17.6 Å². The summed E-state index contributed by atoms with van der Waals surface area (Å²) in [6, 6.07) is 3.52. The molecule has 2 amide bonds. The molecule has 1 aliphatic heterocycles. The van der Waals surface area contributed by atoms with E-state index >= 15 is 0 Å². The molecule has 5 heteroatoms. The Bertz CT molecular complexity index is 517. The zero-order chi connectivity index (χ0) is 14.3. The van der Waals surface area contributed by atoms with E-state index in [0.717, 1.165) is 24.8 Å². The average Bonchev–Trinajstić information content (AvgIpc) is 3.00. The normalized spacial score (nSPS) is 29.1. The molecular weight excluding hydrogens is 254 g/mol. The third-order valence-corrected chi connectivity index (χ3v) is 4.59. The third kappa shape index (κ3) is 1.93. The molecule has 2 heterocycles. The Labute approximate surface area is 118 Å². The molecule has 0 aromatic carbocycles. The highest BCUT2D eigenvalue weighted by Crippen LogP contribution is 2.45. The van der Waals surface area contributed by atoms with Crippen LogP contribution < -0.4 is 10.6 Å². The fraction of sp³-hybridized carbons (Fsp3) is 0.533. The molecule has 0 bridgehead atoms. The summed E-state index contributed by atoms with van der Waals surface area (Å²) in [5.41, 5.74) is 6.41. The highest BCUT2D eigenvalue weighted by molar-refractivity contribution is 6.21. The summed E-state index contributed by atoms with van der Waals surface area (Å²) in [5, 5.41) is 0. The van der Waals surface area contributed by atoms with E-state index in [1.54, 1.807) is 12.3 Å². The molecule has 1 aliphatic carbocycles. The van der Waals surface area contributed by atoms with E-state index in [1.807, 2.05) is 6.07 Å². The first-order valence-corrected chi connectivity index (χ1v) is 7.18. The van der Waals surface area contributed by atoms with E-state index in [4.69, 9.17) is 5.73 Å². The van der Waals surface area contributed by atoms with Gasteiger partial charge in [-0.15, -0.1) is 0 Å². The molecule has 20 heavy (non-hydrogen) atoms. The molecule has 5 nitrogen and oxygen atoms in total. The average molecular weight is 273 g/mol. The maximum absolute atomic E-state index is 12.5. The topological polar surface area (TPSA) is 76.3 Å². The van der Waals surface area contributed by atoms with Crippen molar-refractivity contribution in [2.45, 2.75) is 32.7 Å². The molecule has 2 unspecified atom stereocenters. The van der Waals surface area contributed by atoms with Crippen LogP contribution in [-0.2, 0) is 16.1 Å². The lowest BCUT2D eigenvalue weighted by Crippen LogP contribution is -2.32. The third-order valence-electron chi connectivity index (χ3n) is 4.59. The van der Waals surface area contributed by atoms with Gasteiger partial charge in [-0.2, -0.15) is 0 Å². The van der Waals surface area contributed by atoms with Crippen molar-refractivity contribution in [3.05, 3.63) is 23.9 Å². The zero-order valence-electron chi connectivity index (χ0n) is 11.6. The first-order valence-electron chi connectivity index (χ1n) is 7.18. The summed E-state index contributed by atoms with van der Waals surface area (Å²) in [7, 11) is 0. The fourth-order valence-corrected chi connectivity index (χ4v) is 3.36. The first kappa shape index (κ1) is 13.2. The summed E-state index contributed by atoms with van der Waals surface area (Å²) >= 11 is 0. The second-order valence-electron chi connectivity index (χ2n) is 5.70. The Morgan fingerprint density at radius 2 is 1.90 bits per heavy atom. The van der Waals surface area contributed by atoms with Crippen LogP contribution in [0.3, 0.4) is 0 Å². The van der Waals surface area contributed by atoms with Crippen molar-refractivity contribution < 1.29 is 9.59 Å². The number of rotatable bonds is 3. The molecule has 2 fully saturated rings. The molecule has 106 valence electrons. The lowest BCUT2D eigenvalue weighted by molar-refractivity contribution is -0.123. The molecule has 2 atom stereocenters. The minimum Gasteiger partial charge on any atom is -0.326 e. The summed E-state index contributed by atoms with van der Waals surface area (Å²) in [4.78, 5) is 30.4.